The fourth-order valence-corrected chi connectivity index (χ4v) is 3.10. The highest BCUT2D eigenvalue weighted by Crippen LogP contribution is 2.26. The molecule has 0 unspecified atom stereocenters. The van der Waals surface area contributed by atoms with Gasteiger partial charge in [0.1, 0.15) is 0 Å². The predicted octanol–water partition coefficient (Wildman–Crippen LogP) is 3.21. The van der Waals surface area contributed by atoms with Gasteiger partial charge in [-0.2, -0.15) is 0 Å². The molecule has 28 heavy (non-hydrogen) atoms. The molecule has 0 aliphatic carbocycles. The van der Waals surface area contributed by atoms with Gasteiger partial charge in [0.15, 0.2) is 5.11 Å². The number of halogens is 1. The number of ether oxygens (including phenoxy) is 1. The van der Waals surface area contributed by atoms with E-state index in [2.05, 4.69) is 10.6 Å². The topological polar surface area (TPSA) is 96.7 Å². The molecule has 10 heteroatoms. The Bertz CT molecular complexity index is 901. The number of carbonyl (C=O) groups is 1. The van der Waals surface area contributed by atoms with E-state index in [0.717, 1.165) is 0 Å². The molecule has 1 aliphatic heterocycles. The van der Waals surface area contributed by atoms with E-state index in [-0.39, 0.29) is 16.4 Å². The number of nitro benzene ring substituents is 1. The van der Waals surface area contributed by atoms with Crippen LogP contribution < -0.4 is 15.5 Å². The number of rotatable bonds is 4. The van der Waals surface area contributed by atoms with Crippen LogP contribution in [0.25, 0.3) is 0 Å². The number of non-ortho nitro benzene ring substituents is 1. The number of nitrogens with zero attached hydrogens (tertiary/aromatic N) is 2. The Morgan fingerprint density at radius 3 is 2.50 bits per heavy atom. The van der Waals surface area contributed by atoms with Gasteiger partial charge >= 0.3 is 0 Å². The van der Waals surface area contributed by atoms with Crippen molar-refractivity contribution in [3.63, 3.8) is 0 Å². The van der Waals surface area contributed by atoms with Crippen molar-refractivity contribution in [1.29, 1.82) is 0 Å². The lowest BCUT2D eigenvalue weighted by atomic mass is 10.1. The van der Waals surface area contributed by atoms with Crippen molar-refractivity contribution < 1.29 is 14.5 Å². The van der Waals surface area contributed by atoms with E-state index in [4.69, 9.17) is 28.6 Å². The van der Waals surface area contributed by atoms with Gasteiger partial charge in [0.25, 0.3) is 11.6 Å². The molecule has 146 valence electrons. The Morgan fingerprint density at radius 2 is 1.86 bits per heavy atom. The third-order valence-electron chi connectivity index (χ3n) is 4.12. The third kappa shape index (κ3) is 4.94. The van der Waals surface area contributed by atoms with Crippen LogP contribution in [0.2, 0.25) is 5.02 Å². The van der Waals surface area contributed by atoms with Crippen molar-refractivity contribution in [2.24, 2.45) is 0 Å². The zero-order valence-corrected chi connectivity index (χ0v) is 16.3. The van der Waals surface area contributed by atoms with Crippen LogP contribution in [0.1, 0.15) is 10.4 Å². The first-order valence-electron chi connectivity index (χ1n) is 8.43. The molecule has 2 aromatic rings. The maximum absolute atomic E-state index is 12.8. The van der Waals surface area contributed by atoms with Crippen LogP contribution in [-0.2, 0) is 4.74 Å². The van der Waals surface area contributed by atoms with E-state index in [9.17, 15) is 14.9 Å². The zero-order chi connectivity index (χ0) is 20.1. The molecule has 0 aromatic heterocycles. The van der Waals surface area contributed by atoms with Crippen LogP contribution in [0.5, 0.6) is 0 Å². The molecule has 2 aromatic carbocycles. The number of nitro groups is 1. The van der Waals surface area contributed by atoms with Gasteiger partial charge in [0.05, 0.1) is 29.4 Å². The summed E-state index contributed by atoms with van der Waals surface area (Å²) in [6.45, 7) is 2.22. The van der Waals surface area contributed by atoms with Crippen molar-refractivity contribution >= 4 is 51.9 Å². The minimum Gasteiger partial charge on any atom is -0.378 e. The standard InChI is InChI=1S/C18H17ClN4O4S/c19-12-1-3-13(4-2-12)20-18(28)21-17(24)15-11-14(23(25)26)5-6-16(15)22-7-9-27-10-8-22/h1-6,11H,7-10H2,(H2,20,21,24,28). The summed E-state index contributed by atoms with van der Waals surface area (Å²) in [6, 6.07) is 11.0. The summed E-state index contributed by atoms with van der Waals surface area (Å²) in [5.74, 6) is -0.531. The highest BCUT2D eigenvalue weighted by Gasteiger charge is 2.22. The van der Waals surface area contributed by atoms with Crippen LogP contribution in [0, 0.1) is 10.1 Å². The Kier molecular flexibility index (Phi) is 6.40. The fourth-order valence-electron chi connectivity index (χ4n) is 2.77. The average Bonchev–Trinajstić information content (AvgIpc) is 2.69. The highest BCUT2D eigenvalue weighted by molar-refractivity contribution is 7.80. The highest BCUT2D eigenvalue weighted by atomic mass is 35.5. The predicted molar refractivity (Wildman–Crippen MR) is 111 cm³/mol. The molecule has 0 atom stereocenters. The molecule has 1 amide bonds. The molecule has 1 aliphatic rings. The lowest BCUT2D eigenvalue weighted by Gasteiger charge is -2.30. The maximum atomic E-state index is 12.8. The first kappa shape index (κ1) is 20.0. The van der Waals surface area contributed by atoms with E-state index in [0.29, 0.717) is 42.7 Å². The average molecular weight is 421 g/mol. The molecular weight excluding hydrogens is 404 g/mol. The quantitative estimate of drug-likeness (QED) is 0.445. The molecule has 0 bridgehead atoms. The molecule has 8 nitrogen and oxygen atoms in total. The van der Waals surface area contributed by atoms with Crippen LogP contribution in [0.4, 0.5) is 17.1 Å². The first-order valence-corrected chi connectivity index (χ1v) is 9.22. The van der Waals surface area contributed by atoms with E-state index < -0.39 is 10.8 Å². The monoisotopic (exact) mass is 420 g/mol. The second-order valence-corrected chi connectivity index (χ2v) is 6.82. The zero-order valence-electron chi connectivity index (χ0n) is 14.7. The summed E-state index contributed by atoms with van der Waals surface area (Å²) in [5.41, 5.74) is 1.26. The number of benzene rings is 2. The van der Waals surface area contributed by atoms with Crippen molar-refractivity contribution in [3.8, 4) is 0 Å². The lowest BCUT2D eigenvalue weighted by molar-refractivity contribution is -0.384. The van der Waals surface area contributed by atoms with E-state index in [1.54, 1.807) is 30.3 Å². The van der Waals surface area contributed by atoms with Crippen LogP contribution in [-0.4, -0.2) is 42.2 Å². The largest absolute Gasteiger partial charge is 0.378 e. The second kappa shape index (κ2) is 8.96. The first-order chi connectivity index (χ1) is 13.4. The van der Waals surface area contributed by atoms with Crippen LogP contribution in [0.15, 0.2) is 42.5 Å². The molecular formula is C18H17ClN4O4S. The van der Waals surface area contributed by atoms with Gasteiger partial charge in [-0.15, -0.1) is 0 Å². The Labute approximate surface area is 171 Å². The summed E-state index contributed by atoms with van der Waals surface area (Å²) in [7, 11) is 0. The number of hydrogen-bond donors (Lipinski definition) is 2. The molecule has 0 spiro atoms. The minimum absolute atomic E-state index is 0.0757. The molecule has 3 rings (SSSR count). The number of carbonyl (C=O) groups excluding carboxylic acids is 1. The Balaban J connectivity index is 1.79. The Morgan fingerprint density at radius 1 is 1.18 bits per heavy atom. The lowest BCUT2D eigenvalue weighted by Crippen LogP contribution is -2.39. The molecule has 1 saturated heterocycles. The summed E-state index contributed by atoms with van der Waals surface area (Å²) >= 11 is 11.0. The van der Waals surface area contributed by atoms with Gasteiger partial charge in [-0.3, -0.25) is 20.2 Å². The summed E-state index contributed by atoms with van der Waals surface area (Å²) < 4.78 is 5.33. The number of thiocarbonyl (C=S) groups is 1. The van der Waals surface area contributed by atoms with Gasteiger partial charge in [-0.25, -0.2) is 0 Å². The smallest absolute Gasteiger partial charge is 0.270 e. The summed E-state index contributed by atoms with van der Waals surface area (Å²) in [6.07, 6.45) is 0. The van der Waals surface area contributed by atoms with Crippen molar-refractivity contribution in [3.05, 3.63) is 63.2 Å². The third-order valence-corrected chi connectivity index (χ3v) is 4.57. The van der Waals surface area contributed by atoms with Gasteiger partial charge in [-0.05, 0) is 42.5 Å². The molecule has 1 heterocycles. The normalized spacial score (nSPS) is 13.7. The number of nitrogens with one attached hydrogen (secondary N) is 2. The number of anilines is 2. The van der Waals surface area contributed by atoms with E-state index in [1.165, 1.54) is 12.1 Å². The van der Waals surface area contributed by atoms with Gasteiger partial charge < -0.3 is 15.0 Å². The van der Waals surface area contributed by atoms with Crippen molar-refractivity contribution in [1.82, 2.24) is 5.32 Å². The molecule has 0 saturated carbocycles. The number of hydrogen-bond acceptors (Lipinski definition) is 6. The molecule has 2 N–H and O–H groups in total. The van der Waals surface area contributed by atoms with E-state index >= 15 is 0 Å². The second-order valence-electron chi connectivity index (χ2n) is 5.97. The van der Waals surface area contributed by atoms with Crippen LogP contribution >= 0.6 is 23.8 Å². The SMILES string of the molecule is O=C(NC(=S)Nc1ccc(Cl)cc1)c1cc([N+](=O)[O-])ccc1N1CCOCC1. The van der Waals surface area contributed by atoms with Crippen LogP contribution in [0.3, 0.4) is 0 Å². The van der Waals surface area contributed by atoms with Gasteiger partial charge in [0, 0.05) is 35.9 Å². The van der Waals surface area contributed by atoms with E-state index in [1.807, 2.05) is 4.90 Å². The van der Waals surface area contributed by atoms with Crippen molar-refractivity contribution in [2.45, 2.75) is 0 Å². The fraction of sp³-hybridized carbons (Fsp3) is 0.222. The summed E-state index contributed by atoms with van der Waals surface area (Å²) in [5, 5.41) is 17.2. The number of amides is 1. The minimum atomic E-state index is -0.538. The Hall–Kier alpha value is -2.75. The summed E-state index contributed by atoms with van der Waals surface area (Å²) in [4.78, 5) is 25.4. The number of morpholine rings is 1. The maximum Gasteiger partial charge on any atom is 0.270 e. The molecule has 1 fully saturated rings. The van der Waals surface area contributed by atoms with Gasteiger partial charge in [-0.1, -0.05) is 11.6 Å². The van der Waals surface area contributed by atoms with Crippen molar-refractivity contribution in [2.75, 3.05) is 36.5 Å². The van der Waals surface area contributed by atoms with Gasteiger partial charge in [0.2, 0.25) is 0 Å². The molecule has 0 radical (unpaired) electrons.